The van der Waals surface area contributed by atoms with E-state index in [1.807, 2.05) is 6.07 Å². The molecule has 0 bridgehead atoms. The molecule has 1 aromatic heterocycles. The fourth-order valence-corrected chi connectivity index (χ4v) is 2.46. The lowest BCUT2D eigenvalue weighted by Crippen LogP contribution is -2.16. The maximum atomic E-state index is 11.9. The fourth-order valence-electron chi connectivity index (χ4n) is 2.46. The van der Waals surface area contributed by atoms with Crippen LogP contribution in [0.5, 0.6) is 0 Å². The van der Waals surface area contributed by atoms with Crippen molar-refractivity contribution >= 4 is 11.6 Å². The second-order valence-corrected chi connectivity index (χ2v) is 5.12. The third kappa shape index (κ3) is 2.26. The predicted octanol–water partition coefficient (Wildman–Crippen LogP) is 2.62. The summed E-state index contributed by atoms with van der Waals surface area (Å²) in [6.07, 6.45) is 2.78. The molecule has 1 heterocycles. The van der Waals surface area contributed by atoms with Gasteiger partial charge in [-0.3, -0.25) is 9.78 Å². The zero-order valence-electron chi connectivity index (χ0n) is 11.2. The van der Waals surface area contributed by atoms with Gasteiger partial charge in [0.2, 0.25) is 5.95 Å². The number of H-pyrrole nitrogens is 1. The summed E-state index contributed by atoms with van der Waals surface area (Å²) in [5.74, 6) is 0.536. The van der Waals surface area contributed by atoms with E-state index in [0.29, 0.717) is 5.95 Å². The maximum Gasteiger partial charge on any atom is 0.255 e. The Morgan fingerprint density at radius 1 is 1.21 bits per heavy atom. The standard InChI is InChI=1S/C15H17N3O/c1-9-6-7-11(8-10(9)2)16-15-17-13-5-3-4-12(13)14(19)18-15/h6-8H,3-5H2,1-2H3,(H2,16,17,18,19). The Balaban J connectivity index is 1.93. The van der Waals surface area contributed by atoms with Gasteiger partial charge in [0, 0.05) is 11.3 Å². The van der Waals surface area contributed by atoms with Gasteiger partial charge in [0.1, 0.15) is 0 Å². The van der Waals surface area contributed by atoms with Gasteiger partial charge >= 0.3 is 0 Å². The van der Waals surface area contributed by atoms with Crippen molar-refractivity contribution in [2.45, 2.75) is 33.1 Å². The number of nitrogens with zero attached hydrogens (tertiary/aromatic N) is 1. The Morgan fingerprint density at radius 3 is 2.84 bits per heavy atom. The number of aryl methyl sites for hydroxylation is 3. The first kappa shape index (κ1) is 12.0. The zero-order valence-corrected chi connectivity index (χ0v) is 11.2. The zero-order chi connectivity index (χ0) is 13.4. The third-order valence-electron chi connectivity index (χ3n) is 3.71. The van der Waals surface area contributed by atoms with Crippen molar-refractivity contribution < 1.29 is 0 Å². The Bertz CT molecular complexity index is 688. The number of benzene rings is 1. The van der Waals surface area contributed by atoms with Crippen molar-refractivity contribution in [2.24, 2.45) is 0 Å². The monoisotopic (exact) mass is 255 g/mol. The van der Waals surface area contributed by atoms with Crippen molar-refractivity contribution in [1.82, 2.24) is 9.97 Å². The summed E-state index contributed by atoms with van der Waals surface area (Å²) < 4.78 is 0. The van der Waals surface area contributed by atoms with Gasteiger partial charge in [0.25, 0.3) is 5.56 Å². The molecule has 1 aromatic carbocycles. The highest BCUT2D eigenvalue weighted by atomic mass is 16.1. The molecule has 19 heavy (non-hydrogen) atoms. The van der Waals surface area contributed by atoms with Crippen LogP contribution in [-0.2, 0) is 12.8 Å². The molecule has 0 atom stereocenters. The lowest BCUT2D eigenvalue weighted by molar-refractivity contribution is 0.899. The van der Waals surface area contributed by atoms with Gasteiger partial charge in [-0.1, -0.05) is 6.07 Å². The average molecular weight is 255 g/mol. The molecule has 3 rings (SSSR count). The maximum absolute atomic E-state index is 11.9. The highest BCUT2D eigenvalue weighted by Gasteiger charge is 2.17. The molecule has 1 aliphatic carbocycles. The van der Waals surface area contributed by atoms with Gasteiger partial charge in [-0.05, 0) is 56.4 Å². The summed E-state index contributed by atoms with van der Waals surface area (Å²) in [5.41, 5.74) is 5.20. The minimum absolute atomic E-state index is 0.00571. The lowest BCUT2D eigenvalue weighted by atomic mass is 10.1. The molecule has 98 valence electrons. The van der Waals surface area contributed by atoms with E-state index in [1.165, 1.54) is 11.1 Å². The molecule has 0 radical (unpaired) electrons. The van der Waals surface area contributed by atoms with Crippen molar-refractivity contribution in [3.8, 4) is 0 Å². The molecule has 4 nitrogen and oxygen atoms in total. The number of fused-ring (bicyclic) bond motifs is 1. The fraction of sp³-hybridized carbons (Fsp3) is 0.333. The number of rotatable bonds is 2. The Hall–Kier alpha value is -2.10. The van der Waals surface area contributed by atoms with Crippen LogP contribution in [0.25, 0.3) is 0 Å². The van der Waals surface area contributed by atoms with E-state index in [4.69, 9.17) is 0 Å². The first-order chi connectivity index (χ1) is 9.13. The number of aromatic amines is 1. The van der Waals surface area contributed by atoms with Gasteiger partial charge < -0.3 is 5.32 Å². The molecule has 2 aromatic rings. The summed E-state index contributed by atoms with van der Waals surface area (Å²) in [4.78, 5) is 19.2. The van der Waals surface area contributed by atoms with Crippen molar-refractivity contribution in [3.63, 3.8) is 0 Å². The average Bonchev–Trinajstić information content (AvgIpc) is 2.82. The molecule has 0 saturated carbocycles. The van der Waals surface area contributed by atoms with E-state index in [0.717, 1.165) is 36.2 Å². The summed E-state index contributed by atoms with van der Waals surface area (Å²) in [6, 6.07) is 6.11. The van der Waals surface area contributed by atoms with Crippen LogP contribution < -0.4 is 10.9 Å². The van der Waals surface area contributed by atoms with Crippen LogP contribution in [0, 0.1) is 13.8 Å². The predicted molar refractivity (Wildman–Crippen MR) is 76.1 cm³/mol. The van der Waals surface area contributed by atoms with Crippen LogP contribution in [0.3, 0.4) is 0 Å². The molecule has 4 heteroatoms. The molecule has 0 fully saturated rings. The topological polar surface area (TPSA) is 57.8 Å². The SMILES string of the molecule is Cc1ccc(Nc2nc3c(c(=O)[nH]2)CCC3)cc1C. The molecule has 0 saturated heterocycles. The van der Waals surface area contributed by atoms with E-state index in [2.05, 4.69) is 41.3 Å². The van der Waals surface area contributed by atoms with E-state index in [1.54, 1.807) is 0 Å². The van der Waals surface area contributed by atoms with Crippen molar-refractivity contribution in [2.75, 3.05) is 5.32 Å². The van der Waals surface area contributed by atoms with Crippen LogP contribution in [-0.4, -0.2) is 9.97 Å². The smallest absolute Gasteiger partial charge is 0.255 e. The third-order valence-corrected chi connectivity index (χ3v) is 3.71. The van der Waals surface area contributed by atoms with Crippen LogP contribution >= 0.6 is 0 Å². The van der Waals surface area contributed by atoms with Crippen LogP contribution in [0.2, 0.25) is 0 Å². The van der Waals surface area contributed by atoms with Crippen LogP contribution in [0.1, 0.15) is 28.8 Å². The van der Waals surface area contributed by atoms with Crippen LogP contribution in [0.15, 0.2) is 23.0 Å². The van der Waals surface area contributed by atoms with E-state index in [-0.39, 0.29) is 5.56 Å². The van der Waals surface area contributed by atoms with E-state index in [9.17, 15) is 4.79 Å². The lowest BCUT2D eigenvalue weighted by Gasteiger charge is -2.09. The van der Waals surface area contributed by atoms with Gasteiger partial charge in [-0.25, -0.2) is 4.98 Å². The van der Waals surface area contributed by atoms with E-state index < -0.39 is 0 Å². The molecule has 0 spiro atoms. The number of anilines is 2. The summed E-state index contributed by atoms with van der Waals surface area (Å²) in [6.45, 7) is 4.15. The quantitative estimate of drug-likeness (QED) is 0.867. The minimum Gasteiger partial charge on any atom is -0.326 e. The highest BCUT2D eigenvalue weighted by Crippen LogP contribution is 2.20. The normalized spacial score (nSPS) is 13.4. The number of nitrogens with one attached hydrogen (secondary N) is 2. The number of hydrogen-bond donors (Lipinski definition) is 2. The Labute approximate surface area is 111 Å². The summed E-state index contributed by atoms with van der Waals surface area (Å²) >= 11 is 0. The highest BCUT2D eigenvalue weighted by molar-refractivity contribution is 5.55. The molecular weight excluding hydrogens is 238 g/mol. The minimum atomic E-state index is -0.00571. The second-order valence-electron chi connectivity index (χ2n) is 5.12. The Kier molecular flexibility index (Phi) is 2.85. The van der Waals surface area contributed by atoms with Gasteiger partial charge in [-0.15, -0.1) is 0 Å². The summed E-state index contributed by atoms with van der Waals surface area (Å²) in [5, 5.41) is 3.18. The molecule has 2 N–H and O–H groups in total. The number of hydrogen-bond acceptors (Lipinski definition) is 3. The Morgan fingerprint density at radius 2 is 2.05 bits per heavy atom. The second kappa shape index (κ2) is 4.53. The van der Waals surface area contributed by atoms with Gasteiger partial charge in [0.15, 0.2) is 0 Å². The molecular formula is C15H17N3O. The molecule has 0 unspecified atom stereocenters. The number of aromatic nitrogens is 2. The molecule has 0 amide bonds. The van der Waals surface area contributed by atoms with Crippen molar-refractivity contribution in [1.29, 1.82) is 0 Å². The molecule has 0 aliphatic heterocycles. The van der Waals surface area contributed by atoms with Gasteiger partial charge in [-0.2, -0.15) is 0 Å². The van der Waals surface area contributed by atoms with Crippen LogP contribution in [0.4, 0.5) is 11.6 Å². The summed E-state index contributed by atoms with van der Waals surface area (Å²) in [7, 11) is 0. The van der Waals surface area contributed by atoms with Gasteiger partial charge in [0.05, 0.1) is 5.69 Å². The first-order valence-electron chi connectivity index (χ1n) is 6.60. The van der Waals surface area contributed by atoms with E-state index >= 15 is 0 Å². The molecule has 1 aliphatic rings. The largest absolute Gasteiger partial charge is 0.326 e. The van der Waals surface area contributed by atoms with Crippen molar-refractivity contribution in [3.05, 3.63) is 50.9 Å². The first-order valence-corrected chi connectivity index (χ1v) is 6.60.